The van der Waals surface area contributed by atoms with Gasteiger partial charge in [-0.15, -0.1) is 0 Å². The Kier molecular flexibility index (Phi) is 7.56. The van der Waals surface area contributed by atoms with E-state index in [1.807, 2.05) is 12.1 Å². The minimum absolute atomic E-state index is 0.151. The Balaban J connectivity index is 1.59. The van der Waals surface area contributed by atoms with Gasteiger partial charge in [0.05, 0.1) is 19.1 Å². The molecule has 1 heterocycles. The molecule has 0 radical (unpaired) electrons. The molecule has 0 bridgehead atoms. The molecule has 0 aliphatic carbocycles. The Morgan fingerprint density at radius 3 is 2.32 bits per heavy atom. The van der Waals surface area contributed by atoms with Crippen LogP contribution in [0.5, 0.6) is 11.5 Å². The van der Waals surface area contributed by atoms with Gasteiger partial charge in [0.25, 0.3) is 0 Å². The van der Waals surface area contributed by atoms with Gasteiger partial charge in [-0.25, -0.2) is 8.42 Å². The number of benzene rings is 2. The number of hydrogen-bond acceptors (Lipinski definition) is 5. The molecule has 0 spiro atoms. The smallest absolute Gasteiger partial charge is 0.243 e. The highest BCUT2D eigenvalue weighted by Gasteiger charge is 2.28. The molecule has 168 valence electrons. The van der Waals surface area contributed by atoms with Gasteiger partial charge in [-0.1, -0.05) is 6.92 Å². The minimum atomic E-state index is -3.50. The molecule has 3 rings (SSSR count). The summed E-state index contributed by atoms with van der Waals surface area (Å²) >= 11 is 0. The van der Waals surface area contributed by atoms with Gasteiger partial charge in [0, 0.05) is 31.3 Å². The number of amides is 1. The third kappa shape index (κ3) is 5.98. The fourth-order valence-corrected chi connectivity index (χ4v) is 5.31. The molecule has 1 atom stereocenters. The molecule has 31 heavy (non-hydrogen) atoms. The minimum Gasteiger partial charge on any atom is -0.497 e. The van der Waals surface area contributed by atoms with Gasteiger partial charge in [-0.2, -0.15) is 4.31 Å². The highest BCUT2D eigenvalue weighted by molar-refractivity contribution is 7.89. The average Bonchev–Trinajstić information content (AvgIpc) is 2.77. The second-order valence-electron chi connectivity index (χ2n) is 7.90. The van der Waals surface area contributed by atoms with Crippen LogP contribution >= 0.6 is 0 Å². The first-order chi connectivity index (χ1) is 14.8. The maximum absolute atomic E-state index is 12.8. The molecule has 1 N–H and O–H groups in total. The normalized spacial score (nSPS) is 17.2. The molecule has 1 unspecified atom stereocenters. The largest absolute Gasteiger partial charge is 0.497 e. The predicted molar refractivity (Wildman–Crippen MR) is 120 cm³/mol. The van der Waals surface area contributed by atoms with E-state index in [0.29, 0.717) is 42.6 Å². The number of rotatable bonds is 8. The number of methoxy groups -OCH3 is 2. The first-order valence-corrected chi connectivity index (χ1v) is 11.9. The molecule has 2 aromatic rings. The number of ether oxygens (including phenoxy) is 2. The second-order valence-corrected chi connectivity index (χ2v) is 9.84. The van der Waals surface area contributed by atoms with E-state index in [0.717, 1.165) is 18.4 Å². The summed E-state index contributed by atoms with van der Waals surface area (Å²) in [6.07, 6.45) is 2.74. The lowest BCUT2D eigenvalue weighted by Crippen LogP contribution is -2.39. The summed E-state index contributed by atoms with van der Waals surface area (Å²) < 4.78 is 37.8. The van der Waals surface area contributed by atoms with E-state index >= 15 is 0 Å². The molecule has 1 aliphatic heterocycles. The van der Waals surface area contributed by atoms with Crippen molar-refractivity contribution in [2.45, 2.75) is 37.5 Å². The number of nitrogens with zero attached hydrogens (tertiary/aromatic N) is 1. The van der Waals surface area contributed by atoms with Crippen LogP contribution in [0.1, 0.15) is 31.7 Å². The van der Waals surface area contributed by atoms with Crippen molar-refractivity contribution >= 4 is 21.6 Å². The molecule has 8 heteroatoms. The van der Waals surface area contributed by atoms with Crippen LogP contribution in [0.15, 0.2) is 47.4 Å². The van der Waals surface area contributed by atoms with Crippen LogP contribution < -0.4 is 14.8 Å². The van der Waals surface area contributed by atoms with E-state index in [1.165, 1.54) is 0 Å². The van der Waals surface area contributed by atoms with Gasteiger partial charge in [0.2, 0.25) is 15.9 Å². The summed E-state index contributed by atoms with van der Waals surface area (Å²) in [5.41, 5.74) is 1.50. The average molecular weight is 447 g/mol. The first-order valence-electron chi connectivity index (χ1n) is 10.4. The van der Waals surface area contributed by atoms with Crippen molar-refractivity contribution in [1.29, 1.82) is 0 Å². The highest BCUT2D eigenvalue weighted by Crippen LogP contribution is 2.25. The highest BCUT2D eigenvalue weighted by atomic mass is 32.2. The zero-order chi connectivity index (χ0) is 22.4. The topological polar surface area (TPSA) is 84.9 Å². The van der Waals surface area contributed by atoms with Gasteiger partial charge >= 0.3 is 0 Å². The maximum Gasteiger partial charge on any atom is 0.243 e. The van der Waals surface area contributed by atoms with Crippen LogP contribution in [0.25, 0.3) is 0 Å². The number of anilines is 1. The Bertz CT molecular complexity index is 983. The fourth-order valence-electron chi connectivity index (χ4n) is 3.72. The van der Waals surface area contributed by atoms with Gasteiger partial charge in [0.15, 0.2) is 0 Å². The van der Waals surface area contributed by atoms with Crippen LogP contribution in [0.2, 0.25) is 0 Å². The number of carbonyl (C=O) groups excluding carboxylic acids is 1. The van der Waals surface area contributed by atoms with Crippen molar-refractivity contribution in [3.8, 4) is 11.5 Å². The van der Waals surface area contributed by atoms with Gasteiger partial charge in [0.1, 0.15) is 11.5 Å². The van der Waals surface area contributed by atoms with Gasteiger partial charge < -0.3 is 14.8 Å². The van der Waals surface area contributed by atoms with E-state index in [9.17, 15) is 13.2 Å². The molecule has 7 nitrogen and oxygen atoms in total. The number of carbonyl (C=O) groups is 1. The van der Waals surface area contributed by atoms with E-state index < -0.39 is 10.0 Å². The van der Waals surface area contributed by atoms with Crippen molar-refractivity contribution in [3.05, 3.63) is 48.0 Å². The maximum atomic E-state index is 12.8. The zero-order valence-corrected chi connectivity index (χ0v) is 19.1. The van der Waals surface area contributed by atoms with Crippen molar-refractivity contribution < 1.29 is 22.7 Å². The van der Waals surface area contributed by atoms with Crippen molar-refractivity contribution in [3.63, 3.8) is 0 Å². The van der Waals surface area contributed by atoms with Crippen LogP contribution in [-0.4, -0.2) is 45.9 Å². The number of piperidine rings is 1. The fraction of sp³-hybridized carbons (Fsp3) is 0.435. The Morgan fingerprint density at radius 2 is 1.74 bits per heavy atom. The van der Waals surface area contributed by atoms with E-state index in [2.05, 4.69) is 12.2 Å². The summed E-state index contributed by atoms with van der Waals surface area (Å²) in [6.45, 7) is 3.18. The molecule has 1 aliphatic rings. The molecule has 0 saturated carbocycles. The van der Waals surface area contributed by atoms with E-state index in [-0.39, 0.29) is 17.2 Å². The monoisotopic (exact) mass is 446 g/mol. The van der Waals surface area contributed by atoms with E-state index in [1.54, 1.807) is 48.9 Å². The van der Waals surface area contributed by atoms with Crippen LogP contribution in [-0.2, 0) is 21.2 Å². The van der Waals surface area contributed by atoms with E-state index in [4.69, 9.17) is 9.47 Å². The quantitative estimate of drug-likeness (QED) is 0.668. The molecule has 1 amide bonds. The zero-order valence-electron chi connectivity index (χ0n) is 18.3. The van der Waals surface area contributed by atoms with Crippen LogP contribution in [0.4, 0.5) is 5.69 Å². The molecular formula is C23H30N2O5S. The van der Waals surface area contributed by atoms with Crippen molar-refractivity contribution in [1.82, 2.24) is 4.31 Å². The molecule has 2 aromatic carbocycles. The van der Waals surface area contributed by atoms with Crippen LogP contribution in [0.3, 0.4) is 0 Å². The van der Waals surface area contributed by atoms with Crippen molar-refractivity contribution in [2.24, 2.45) is 5.92 Å². The molecule has 0 aromatic heterocycles. The SMILES string of the molecule is COc1cc(CCC(=O)Nc2ccc(S(=O)(=O)N3CCCC(C)C3)cc2)cc(OC)c1. The lowest BCUT2D eigenvalue weighted by molar-refractivity contribution is -0.116. The number of aryl methyl sites for hydroxylation is 1. The summed E-state index contributed by atoms with van der Waals surface area (Å²) in [6, 6.07) is 11.9. The Hall–Kier alpha value is -2.58. The third-order valence-electron chi connectivity index (χ3n) is 5.45. The number of nitrogens with one attached hydrogen (secondary N) is 1. The predicted octanol–water partition coefficient (Wildman–Crippen LogP) is 3.70. The summed E-state index contributed by atoms with van der Waals surface area (Å²) in [4.78, 5) is 12.6. The lowest BCUT2D eigenvalue weighted by Gasteiger charge is -2.30. The van der Waals surface area contributed by atoms with Gasteiger partial charge in [-0.05, 0) is 67.1 Å². The molecule has 1 saturated heterocycles. The summed E-state index contributed by atoms with van der Waals surface area (Å²) in [7, 11) is -0.334. The second kappa shape index (κ2) is 10.2. The first kappa shape index (κ1) is 23.1. The summed E-state index contributed by atoms with van der Waals surface area (Å²) in [5.74, 6) is 1.57. The molecular weight excluding hydrogens is 416 g/mol. The number of hydrogen-bond donors (Lipinski definition) is 1. The lowest BCUT2D eigenvalue weighted by atomic mass is 10.0. The Morgan fingerprint density at radius 1 is 1.10 bits per heavy atom. The third-order valence-corrected chi connectivity index (χ3v) is 7.33. The number of sulfonamides is 1. The molecule has 1 fully saturated rings. The standard InChI is InChI=1S/C23H30N2O5S/c1-17-5-4-12-25(16-17)31(27,28)22-9-7-19(8-10-22)24-23(26)11-6-18-13-20(29-2)15-21(14-18)30-3/h7-10,13-15,17H,4-6,11-12,16H2,1-3H3,(H,24,26). The van der Waals surface area contributed by atoms with Crippen LogP contribution in [0, 0.1) is 5.92 Å². The Labute approximate surface area is 184 Å². The van der Waals surface area contributed by atoms with Gasteiger partial charge in [-0.3, -0.25) is 4.79 Å². The summed E-state index contributed by atoms with van der Waals surface area (Å²) in [5, 5.41) is 2.82. The van der Waals surface area contributed by atoms with Crippen molar-refractivity contribution in [2.75, 3.05) is 32.6 Å².